The third-order valence-corrected chi connectivity index (χ3v) is 7.05. The molecule has 220 valence electrons. The lowest BCUT2D eigenvalue weighted by Gasteiger charge is -2.14. The van der Waals surface area contributed by atoms with E-state index in [0.717, 1.165) is 44.9 Å². The number of carboxylic acid groups (broad SMARTS) is 1. The van der Waals surface area contributed by atoms with Crippen LogP contribution in [-0.2, 0) is 19.2 Å². The number of carboxylic acids is 1. The third-order valence-electron chi connectivity index (χ3n) is 7.05. The number of hydrogen-bond donors (Lipinski definition) is 4. The van der Waals surface area contributed by atoms with E-state index in [-0.39, 0.29) is 26.9 Å². The fourth-order valence-corrected chi connectivity index (χ4v) is 4.43. The summed E-state index contributed by atoms with van der Waals surface area (Å²) < 4.78 is 0. The average molecular weight is 531 g/mol. The molecule has 0 spiro atoms. The summed E-state index contributed by atoms with van der Waals surface area (Å²) in [4.78, 5) is 45.7. The minimum Gasteiger partial charge on any atom is -0.481 e. The van der Waals surface area contributed by atoms with Crippen molar-refractivity contribution in [2.75, 3.05) is 13.2 Å². The second-order valence-corrected chi connectivity index (χ2v) is 10.5. The van der Waals surface area contributed by atoms with Gasteiger partial charge < -0.3 is 21.3 Å². The quantitative estimate of drug-likeness (QED) is 0.0990. The molecule has 0 aliphatic rings. The maximum Gasteiger partial charge on any atom is 0.303 e. The van der Waals surface area contributed by atoms with Gasteiger partial charge in [-0.1, -0.05) is 90.4 Å². The van der Waals surface area contributed by atoms with Crippen LogP contribution < -0.4 is 11.1 Å². The monoisotopic (exact) mass is 530 g/mol. The van der Waals surface area contributed by atoms with Gasteiger partial charge in [-0.15, -0.1) is 0 Å². The molecular weight excluding hydrogens is 472 g/mol. The summed E-state index contributed by atoms with van der Waals surface area (Å²) in [6.07, 6.45) is 19.5. The first-order chi connectivity index (χ1) is 17.8. The molecule has 0 aromatic heterocycles. The Kier molecular flexibility index (Phi) is 23.1. The molecule has 0 aromatic carbocycles. The molecule has 2 atom stereocenters. The van der Waals surface area contributed by atoms with Crippen molar-refractivity contribution in [3.8, 4) is 0 Å². The number of ketones is 1. The van der Waals surface area contributed by atoms with E-state index >= 15 is 0 Å². The van der Waals surface area contributed by atoms with Gasteiger partial charge in [0.05, 0.1) is 12.5 Å². The fourth-order valence-electron chi connectivity index (χ4n) is 4.43. The van der Waals surface area contributed by atoms with Crippen LogP contribution >= 0.6 is 0 Å². The minimum absolute atomic E-state index is 0. The van der Waals surface area contributed by atoms with Crippen LogP contribution in [0.3, 0.4) is 0 Å². The van der Waals surface area contributed by atoms with Gasteiger partial charge in [-0.3, -0.25) is 19.2 Å². The van der Waals surface area contributed by atoms with Gasteiger partial charge in [-0.05, 0) is 25.7 Å². The lowest BCUT2D eigenvalue weighted by atomic mass is 9.92. The molecule has 0 heterocycles. The van der Waals surface area contributed by atoms with Gasteiger partial charge in [0.25, 0.3) is 0 Å². The molecule has 0 fully saturated rings. The molecule has 0 aliphatic heterocycles. The summed E-state index contributed by atoms with van der Waals surface area (Å²) >= 11 is 0. The molecule has 8 nitrogen and oxygen atoms in total. The second kappa shape index (κ2) is 24.4. The van der Waals surface area contributed by atoms with Gasteiger partial charge in [0.15, 0.2) is 0 Å². The molecule has 0 aromatic rings. The molecule has 0 saturated heterocycles. The molecule has 0 saturated carbocycles. The molecule has 0 radical (unpaired) electrons. The first-order valence-electron chi connectivity index (χ1n) is 14.7. The summed E-state index contributed by atoms with van der Waals surface area (Å²) in [7, 11) is 0. The van der Waals surface area contributed by atoms with Gasteiger partial charge in [-0.2, -0.15) is 0 Å². The van der Waals surface area contributed by atoms with Crippen LogP contribution in [0.5, 0.6) is 0 Å². The van der Waals surface area contributed by atoms with Crippen molar-refractivity contribution in [2.24, 2.45) is 17.6 Å². The van der Waals surface area contributed by atoms with Crippen molar-refractivity contribution in [1.82, 2.24) is 5.32 Å². The molecule has 0 aliphatic carbocycles. The average Bonchev–Trinajstić information content (AvgIpc) is 2.86. The van der Waals surface area contributed by atoms with Gasteiger partial charge in [0.2, 0.25) is 11.8 Å². The van der Waals surface area contributed by atoms with Crippen LogP contribution in [0.15, 0.2) is 0 Å². The predicted molar refractivity (Wildman–Crippen MR) is 151 cm³/mol. The SMILES string of the molecule is C[C@H](CCCCNC(=O)CCCCCCCCCCCCCCCCC(=O)O)C(=O)C[C@@H](CO)C(N)=O.[HH].[HH]. The van der Waals surface area contributed by atoms with E-state index in [1.165, 1.54) is 57.8 Å². The van der Waals surface area contributed by atoms with Gasteiger partial charge in [-0.25, -0.2) is 0 Å². The van der Waals surface area contributed by atoms with E-state index in [9.17, 15) is 19.2 Å². The van der Waals surface area contributed by atoms with Crippen LogP contribution in [0, 0.1) is 11.8 Å². The van der Waals surface area contributed by atoms with Crippen molar-refractivity contribution in [2.45, 2.75) is 135 Å². The molecule has 0 unspecified atom stereocenters. The summed E-state index contributed by atoms with van der Waals surface area (Å²) in [5, 5.41) is 20.7. The normalized spacial score (nSPS) is 12.7. The van der Waals surface area contributed by atoms with Crippen LogP contribution in [0.4, 0.5) is 0 Å². The third kappa shape index (κ3) is 22.9. The Labute approximate surface area is 227 Å². The Hall–Kier alpha value is -1.96. The number of carbonyl (C=O) groups excluding carboxylic acids is 3. The number of aliphatic hydroxyl groups is 1. The maximum atomic E-state index is 12.1. The molecule has 0 rings (SSSR count). The van der Waals surface area contributed by atoms with E-state index in [0.29, 0.717) is 25.8 Å². The Balaban J connectivity index is -0.00000648. The zero-order valence-electron chi connectivity index (χ0n) is 23.3. The number of unbranched alkanes of at least 4 members (excludes halogenated alkanes) is 14. The fraction of sp³-hybridized carbons (Fsp3) is 0.862. The van der Waals surface area contributed by atoms with E-state index in [4.69, 9.17) is 15.9 Å². The van der Waals surface area contributed by atoms with Crippen LogP contribution in [-0.4, -0.2) is 46.9 Å². The highest BCUT2D eigenvalue weighted by atomic mass is 16.4. The summed E-state index contributed by atoms with van der Waals surface area (Å²) in [5.74, 6) is -2.28. The summed E-state index contributed by atoms with van der Waals surface area (Å²) in [6.45, 7) is 2.04. The molecular formula is C29H58N2O6. The van der Waals surface area contributed by atoms with Gasteiger partial charge in [0, 0.05) is 34.6 Å². The van der Waals surface area contributed by atoms with Crippen LogP contribution in [0.1, 0.15) is 138 Å². The first-order valence-corrected chi connectivity index (χ1v) is 14.7. The predicted octanol–water partition coefficient (Wildman–Crippen LogP) is 5.78. The number of Topliss-reactive ketones (excluding diaryl/α,β-unsaturated/α-hetero) is 1. The van der Waals surface area contributed by atoms with Crippen molar-refractivity contribution in [3.63, 3.8) is 0 Å². The number of hydrogen-bond acceptors (Lipinski definition) is 5. The largest absolute Gasteiger partial charge is 0.481 e. The van der Waals surface area contributed by atoms with Crippen molar-refractivity contribution >= 4 is 23.6 Å². The number of aliphatic hydroxyl groups excluding tert-OH is 1. The smallest absolute Gasteiger partial charge is 0.303 e. The number of nitrogens with one attached hydrogen (secondary N) is 1. The van der Waals surface area contributed by atoms with E-state index < -0.39 is 24.4 Å². The summed E-state index contributed by atoms with van der Waals surface area (Å²) in [6, 6.07) is 0. The van der Waals surface area contributed by atoms with Gasteiger partial charge in [0.1, 0.15) is 5.78 Å². The Bertz CT molecular complexity index is 637. The van der Waals surface area contributed by atoms with Crippen molar-refractivity contribution < 1.29 is 32.2 Å². The molecule has 5 N–H and O–H groups in total. The standard InChI is InChI=1S/C29H54N2O6.2H2/c1-24(26(33)22-25(23-32)29(30)37)18-16-17-21-31-27(34)19-14-12-10-8-6-4-2-3-5-7-9-11-13-15-20-28(35)36;;/h24-25,32H,2-23H2,1H3,(H2,30,37)(H,31,34)(H,35,36);2*1H/t24-,25+;;/m1../s1. The maximum absolute atomic E-state index is 12.1. The lowest BCUT2D eigenvalue weighted by molar-refractivity contribution is -0.137. The Morgan fingerprint density at radius 2 is 1.19 bits per heavy atom. The number of rotatable bonds is 27. The molecule has 0 bridgehead atoms. The lowest BCUT2D eigenvalue weighted by Crippen LogP contribution is -2.30. The van der Waals surface area contributed by atoms with E-state index in [1.54, 1.807) is 0 Å². The van der Waals surface area contributed by atoms with E-state index in [1.807, 2.05) is 6.92 Å². The number of nitrogens with two attached hydrogens (primary N) is 1. The second-order valence-electron chi connectivity index (χ2n) is 10.5. The molecule has 37 heavy (non-hydrogen) atoms. The molecule has 8 heteroatoms. The number of amides is 2. The molecule has 2 amide bonds. The number of primary amides is 1. The minimum atomic E-state index is -0.801. The zero-order chi connectivity index (χ0) is 27.7. The topological polar surface area (TPSA) is 147 Å². The van der Waals surface area contributed by atoms with Crippen molar-refractivity contribution in [1.29, 1.82) is 0 Å². The Morgan fingerprint density at radius 1 is 0.730 bits per heavy atom. The van der Waals surface area contributed by atoms with Crippen LogP contribution in [0.25, 0.3) is 0 Å². The zero-order valence-corrected chi connectivity index (χ0v) is 23.3. The van der Waals surface area contributed by atoms with Crippen molar-refractivity contribution in [3.05, 3.63) is 0 Å². The highest BCUT2D eigenvalue weighted by Crippen LogP contribution is 2.15. The van der Waals surface area contributed by atoms with Crippen LogP contribution in [0.2, 0.25) is 0 Å². The summed E-state index contributed by atoms with van der Waals surface area (Å²) in [5.41, 5.74) is 5.17. The number of aliphatic carboxylic acids is 1. The first kappa shape index (κ1) is 35.0. The highest BCUT2D eigenvalue weighted by molar-refractivity contribution is 5.87. The highest BCUT2D eigenvalue weighted by Gasteiger charge is 2.21. The number of carbonyl (C=O) groups is 4. The van der Waals surface area contributed by atoms with Gasteiger partial charge >= 0.3 is 5.97 Å². The Morgan fingerprint density at radius 3 is 1.62 bits per heavy atom. The van der Waals surface area contributed by atoms with E-state index in [2.05, 4.69) is 5.32 Å².